The molecule has 8 heteroatoms. The number of nitrogens with one attached hydrogen (secondary N) is 2. The number of thiazole rings is 1. The number of amides is 2. The van der Waals surface area contributed by atoms with Crippen molar-refractivity contribution in [1.29, 1.82) is 0 Å². The molecule has 0 saturated carbocycles. The van der Waals surface area contributed by atoms with Crippen LogP contribution in [0.5, 0.6) is 0 Å². The zero-order valence-corrected chi connectivity index (χ0v) is 19.3. The number of aryl methyl sites for hydroxylation is 1. The van der Waals surface area contributed by atoms with Gasteiger partial charge in [-0.2, -0.15) is 0 Å². The molecule has 0 aliphatic carbocycles. The van der Waals surface area contributed by atoms with Gasteiger partial charge in [-0.05, 0) is 48.9 Å². The number of aromatic nitrogens is 1. The standard InChI is InChI=1S/C25H20FN3O2S2/c1-16-15-32-25(27-16)29-24(31)22(17-7-3-2-4-8-17)33-19-13-11-18(12-14-19)28-23(30)20-9-5-6-10-21(20)26/h2-15,22H,1H3,(H,28,30)(H,27,29,31). The van der Waals surface area contributed by atoms with Crippen LogP contribution >= 0.6 is 23.1 Å². The number of rotatable bonds is 7. The predicted octanol–water partition coefficient (Wildman–Crippen LogP) is 6.32. The van der Waals surface area contributed by atoms with E-state index in [1.165, 1.54) is 41.3 Å². The summed E-state index contributed by atoms with van der Waals surface area (Å²) in [5.74, 6) is -1.26. The summed E-state index contributed by atoms with van der Waals surface area (Å²) in [4.78, 5) is 30.6. The fraction of sp³-hybridized carbons (Fsp3) is 0.0800. The first-order valence-corrected chi connectivity index (χ1v) is 11.9. The second-order valence-electron chi connectivity index (χ2n) is 7.15. The summed E-state index contributed by atoms with van der Waals surface area (Å²) in [7, 11) is 0. The highest BCUT2D eigenvalue weighted by Gasteiger charge is 2.23. The number of carbonyl (C=O) groups excluding carboxylic acids is 2. The lowest BCUT2D eigenvalue weighted by molar-refractivity contribution is -0.115. The maximum atomic E-state index is 13.8. The van der Waals surface area contributed by atoms with Crippen LogP contribution in [0, 0.1) is 12.7 Å². The van der Waals surface area contributed by atoms with Gasteiger partial charge in [0.15, 0.2) is 5.13 Å². The Hall–Kier alpha value is -3.49. The van der Waals surface area contributed by atoms with Crippen LogP contribution in [0.3, 0.4) is 0 Å². The molecule has 2 N–H and O–H groups in total. The zero-order valence-electron chi connectivity index (χ0n) is 17.6. The summed E-state index contributed by atoms with van der Waals surface area (Å²) in [6, 6.07) is 22.4. The van der Waals surface area contributed by atoms with E-state index in [0.29, 0.717) is 10.8 Å². The van der Waals surface area contributed by atoms with Gasteiger partial charge >= 0.3 is 0 Å². The van der Waals surface area contributed by atoms with E-state index >= 15 is 0 Å². The lowest BCUT2D eigenvalue weighted by Crippen LogP contribution is -2.19. The average Bonchev–Trinajstić information content (AvgIpc) is 3.23. The van der Waals surface area contributed by atoms with Gasteiger partial charge < -0.3 is 10.6 Å². The number of thioether (sulfide) groups is 1. The minimum atomic E-state index is -0.575. The molecule has 4 rings (SSSR count). The molecule has 0 spiro atoms. The fourth-order valence-electron chi connectivity index (χ4n) is 3.08. The summed E-state index contributed by atoms with van der Waals surface area (Å²) in [5.41, 5.74) is 2.23. The van der Waals surface area contributed by atoms with E-state index in [2.05, 4.69) is 15.6 Å². The van der Waals surface area contributed by atoms with Crippen molar-refractivity contribution >= 4 is 45.7 Å². The molecule has 0 aliphatic rings. The topological polar surface area (TPSA) is 71.1 Å². The highest BCUT2D eigenvalue weighted by Crippen LogP contribution is 2.37. The van der Waals surface area contributed by atoms with Crippen molar-refractivity contribution < 1.29 is 14.0 Å². The first kappa shape index (κ1) is 22.7. The molecule has 5 nitrogen and oxygen atoms in total. The summed E-state index contributed by atoms with van der Waals surface area (Å²) in [5, 5.41) is 7.54. The SMILES string of the molecule is Cc1csc(NC(=O)C(Sc2ccc(NC(=O)c3ccccc3F)cc2)c2ccccc2)n1. The molecule has 33 heavy (non-hydrogen) atoms. The quantitative estimate of drug-likeness (QED) is 0.306. The maximum Gasteiger partial charge on any atom is 0.258 e. The van der Waals surface area contributed by atoms with E-state index in [1.807, 2.05) is 54.8 Å². The number of halogens is 1. The van der Waals surface area contributed by atoms with Crippen LogP contribution in [-0.2, 0) is 4.79 Å². The molecule has 4 aromatic rings. The van der Waals surface area contributed by atoms with Crippen molar-refractivity contribution in [1.82, 2.24) is 4.98 Å². The Morgan fingerprint density at radius 1 is 0.939 bits per heavy atom. The summed E-state index contributed by atoms with van der Waals surface area (Å²) >= 11 is 2.78. The van der Waals surface area contributed by atoms with Crippen LogP contribution in [0.15, 0.2) is 89.1 Å². The van der Waals surface area contributed by atoms with Gasteiger partial charge in [0.05, 0.1) is 11.3 Å². The normalized spacial score (nSPS) is 11.6. The number of carbonyl (C=O) groups is 2. The molecule has 1 unspecified atom stereocenters. The molecular weight excluding hydrogens is 457 g/mol. The predicted molar refractivity (Wildman–Crippen MR) is 131 cm³/mol. The van der Waals surface area contributed by atoms with Gasteiger partial charge in [0.1, 0.15) is 11.1 Å². The summed E-state index contributed by atoms with van der Waals surface area (Å²) in [6.07, 6.45) is 0. The minimum absolute atomic E-state index is 0.0193. The molecule has 0 aliphatic heterocycles. The van der Waals surface area contributed by atoms with Crippen LogP contribution < -0.4 is 10.6 Å². The van der Waals surface area contributed by atoms with Crippen LogP contribution in [-0.4, -0.2) is 16.8 Å². The monoisotopic (exact) mass is 477 g/mol. The highest BCUT2D eigenvalue weighted by molar-refractivity contribution is 8.00. The van der Waals surface area contributed by atoms with E-state index in [1.54, 1.807) is 18.2 Å². The lowest BCUT2D eigenvalue weighted by atomic mass is 10.1. The van der Waals surface area contributed by atoms with Crippen LogP contribution in [0.25, 0.3) is 0 Å². The molecule has 0 bridgehead atoms. The van der Waals surface area contributed by atoms with Gasteiger partial charge in [-0.15, -0.1) is 23.1 Å². The number of anilines is 2. The maximum absolute atomic E-state index is 13.8. The molecule has 1 atom stereocenters. The third kappa shape index (κ3) is 5.85. The Balaban J connectivity index is 1.48. The Morgan fingerprint density at radius 3 is 2.30 bits per heavy atom. The number of hydrogen-bond acceptors (Lipinski definition) is 5. The lowest BCUT2D eigenvalue weighted by Gasteiger charge is -2.16. The van der Waals surface area contributed by atoms with Crippen molar-refractivity contribution in [3.63, 3.8) is 0 Å². The smallest absolute Gasteiger partial charge is 0.258 e. The Kier molecular flexibility index (Phi) is 7.16. The largest absolute Gasteiger partial charge is 0.322 e. The summed E-state index contributed by atoms with van der Waals surface area (Å²) < 4.78 is 13.8. The van der Waals surface area contributed by atoms with E-state index < -0.39 is 17.0 Å². The fourth-order valence-corrected chi connectivity index (χ4v) is 4.80. The molecule has 0 saturated heterocycles. The van der Waals surface area contributed by atoms with E-state index in [0.717, 1.165) is 16.2 Å². The van der Waals surface area contributed by atoms with Crippen molar-refractivity contribution in [3.05, 3.63) is 107 Å². The van der Waals surface area contributed by atoms with Gasteiger partial charge in [-0.1, -0.05) is 42.5 Å². The Morgan fingerprint density at radius 2 is 1.64 bits per heavy atom. The Bertz CT molecular complexity index is 1260. The molecule has 1 heterocycles. The van der Waals surface area contributed by atoms with E-state index in [9.17, 15) is 14.0 Å². The van der Waals surface area contributed by atoms with Gasteiger partial charge in [0.25, 0.3) is 5.91 Å². The van der Waals surface area contributed by atoms with Gasteiger partial charge in [0.2, 0.25) is 5.91 Å². The minimum Gasteiger partial charge on any atom is -0.322 e. The molecular formula is C25H20FN3O2S2. The second-order valence-corrected chi connectivity index (χ2v) is 9.19. The van der Waals surface area contributed by atoms with E-state index in [-0.39, 0.29) is 11.5 Å². The van der Waals surface area contributed by atoms with Crippen LogP contribution in [0.2, 0.25) is 0 Å². The summed E-state index contributed by atoms with van der Waals surface area (Å²) in [6.45, 7) is 1.88. The zero-order chi connectivity index (χ0) is 23.2. The number of hydrogen-bond donors (Lipinski definition) is 2. The second kappa shape index (κ2) is 10.4. The van der Waals surface area contributed by atoms with E-state index in [4.69, 9.17) is 0 Å². The number of nitrogens with zero attached hydrogens (tertiary/aromatic N) is 1. The van der Waals surface area contributed by atoms with Crippen molar-refractivity contribution in [2.45, 2.75) is 17.1 Å². The van der Waals surface area contributed by atoms with Gasteiger partial charge in [0, 0.05) is 16.0 Å². The third-order valence-electron chi connectivity index (χ3n) is 4.67. The molecule has 2 amide bonds. The van der Waals surface area contributed by atoms with Crippen molar-refractivity contribution in [3.8, 4) is 0 Å². The molecule has 1 aromatic heterocycles. The first-order valence-electron chi connectivity index (χ1n) is 10.1. The molecule has 3 aromatic carbocycles. The molecule has 166 valence electrons. The molecule has 0 fully saturated rings. The average molecular weight is 478 g/mol. The van der Waals surface area contributed by atoms with Gasteiger partial charge in [-0.25, -0.2) is 9.37 Å². The van der Waals surface area contributed by atoms with Crippen molar-refractivity contribution in [2.75, 3.05) is 10.6 Å². The number of benzene rings is 3. The first-order chi connectivity index (χ1) is 16.0. The third-order valence-corrected chi connectivity index (χ3v) is 6.82. The van der Waals surface area contributed by atoms with Crippen LogP contribution in [0.1, 0.15) is 26.9 Å². The molecule has 0 radical (unpaired) electrons. The Labute approximate surface area is 199 Å². The highest BCUT2D eigenvalue weighted by atomic mass is 32.2. The van der Waals surface area contributed by atoms with Gasteiger partial charge in [-0.3, -0.25) is 9.59 Å². The van der Waals surface area contributed by atoms with Crippen LogP contribution in [0.4, 0.5) is 15.2 Å². The van der Waals surface area contributed by atoms with Crippen molar-refractivity contribution in [2.24, 2.45) is 0 Å².